The van der Waals surface area contributed by atoms with Crippen LogP contribution in [0.4, 0.5) is 0 Å². The van der Waals surface area contributed by atoms with E-state index in [9.17, 15) is 4.79 Å². The second-order valence-corrected chi connectivity index (χ2v) is 6.07. The molecule has 0 aromatic heterocycles. The molecular weight excluding hydrogens is 222 g/mol. The van der Waals surface area contributed by atoms with Crippen molar-refractivity contribution in [1.29, 1.82) is 0 Å². The van der Waals surface area contributed by atoms with Crippen LogP contribution in [0.5, 0.6) is 0 Å². The molecular formula is C16H23NO. The lowest BCUT2D eigenvalue weighted by Gasteiger charge is -2.35. The molecule has 18 heavy (non-hydrogen) atoms. The zero-order valence-electron chi connectivity index (χ0n) is 11.6. The minimum absolute atomic E-state index is 0.00934. The monoisotopic (exact) mass is 245 g/mol. The SMILES string of the molecule is CN(CC(C)(C)c1ccccc1)C(=O)C1CCC1. The molecule has 1 amide bonds. The van der Waals surface area contributed by atoms with Crippen molar-refractivity contribution in [3.8, 4) is 0 Å². The number of benzene rings is 1. The van der Waals surface area contributed by atoms with E-state index in [2.05, 4.69) is 38.1 Å². The van der Waals surface area contributed by atoms with E-state index >= 15 is 0 Å². The van der Waals surface area contributed by atoms with Crippen molar-refractivity contribution in [3.05, 3.63) is 35.9 Å². The summed E-state index contributed by atoms with van der Waals surface area (Å²) in [6, 6.07) is 10.4. The first-order chi connectivity index (χ1) is 8.50. The molecule has 0 unspecified atom stereocenters. The summed E-state index contributed by atoms with van der Waals surface area (Å²) >= 11 is 0. The van der Waals surface area contributed by atoms with Crippen molar-refractivity contribution >= 4 is 5.91 Å². The first-order valence-corrected chi connectivity index (χ1v) is 6.81. The van der Waals surface area contributed by atoms with Crippen LogP contribution in [0.1, 0.15) is 38.7 Å². The predicted molar refractivity (Wildman–Crippen MR) is 74.4 cm³/mol. The molecule has 0 bridgehead atoms. The van der Waals surface area contributed by atoms with Gasteiger partial charge in [0.2, 0.25) is 5.91 Å². The van der Waals surface area contributed by atoms with Crippen LogP contribution in [0.25, 0.3) is 0 Å². The average Bonchev–Trinajstić information content (AvgIpc) is 2.27. The second kappa shape index (κ2) is 5.13. The second-order valence-electron chi connectivity index (χ2n) is 6.07. The number of rotatable bonds is 4. The number of amides is 1. The summed E-state index contributed by atoms with van der Waals surface area (Å²) in [6.45, 7) is 5.19. The zero-order chi connectivity index (χ0) is 13.2. The van der Waals surface area contributed by atoms with Gasteiger partial charge in [0.25, 0.3) is 0 Å². The zero-order valence-corrected chi connectivity index (χ0v) is 11.6. The van der Waals surface area contributed by atoms with Gasteiger partial charge in [0.05, 0.1) is 0 Å². The third-order valence-corrected chi connectivity index (χ3v) is 4.02. The van der Waals surface area contributed by atoms with Crippen LogP contribution in [-0.4, -0.2) is 24.4 Å². The van der Waals surface area contributed by atoms with Gasteiger partial charge in [-0.3, -0.25) is 4.79 Å². The molecule has 0 radical (unpaired) electrons. The average molecular weight is 245 g/mol. The highest BCUT2D eigenvalue weighted by Gasteiger charge is 2.31. The van der Waals surface area contributed by atoms with Crippen molar-refractivity contribution in [2.24, 2.45) is 5.92 Å². The van der Waals surface area contributed by atoms with Crippen LogP contribution in [0.2, 0.25) is 0 Å². The molecule has 1 fully saturated rings. The molecule has 0 atom stereocenters. The molecule has 1 aliphatic carbocycles. The van der Waals surface area contributed by atoms with Crippen molar-refractivity contribution in [2.75, 3.05) is 13.6 Å². The Balaban J connectivity index is 2.01. The fraction of sp³-hybridized carbons (Fsp3) is 0.562. The van der Waals surface area contributed by atoms with Crippen LogP contribution in [0, 0.1) is 5.92 Å². The van der Waals surface area contributed by atoms with Gasteiger partial charge < -0.3 is 4.90 Å². The Hall–Kier alpha value is -1.31. The van der Waals surface area contributed by atoms with Crippen LogP contribution in [-0.2, 0) is 10.2 Å². The first kappa shape index (κ1) is 13.1. The maximum Gasteiger partial charge on any atom is 0.225 e. The molecule has 98 valence electrons. The summed E-state index contributed by atoms with van der Waals surface area (Å²) < 4.78 is 0. The summed E-state index contributed by atoms with van der Waals surface area (Å²) in [5, 5.41) is 0. The quantitative estimate of drug-likeness (QED) is 0.797. The van der Waals surface area contributed by atoms with Gasteiger partial charge in [-0.05, 0) is 18.4 Å². The van der Waals surface area contributed by atoms with Crippen molar-refractivity contribution in [2.45, 2.75) is 38.5 Å². The van der Waals surface area contributed by atoms with Crippen molar-refractivity contribution in [3.63, 3.8) is 0 Å². The highest BCUT2D eigenvalue weighted by atomic mass is 16.2. The van der Waals surface area contributed by atoms with E-state index in [4.69, 9.17) is 0 Å². The molecule has 1 aliphatic rings. The molecule has 0 heterocycles. The fourth-order valence-electron chi connectivity index (χ4n) is 2.62. The minimum atomic E-state index is 0.00934. The maximum atomic E-state index is 12.2. The Labute approximate surface area is 110 Å². The van der Waals surface area contributed by atoms with E-state index in [0.29, 0.717) is 11.8 Å². The minimum Gasteiger partial charge on any atom is -0.345 e. The van der Waals surface area contributed by atoms with Gasteiger partial charge in [-0.25, -0.2) is 0 Å². The molecule has 2 heteroatoms. The summed E-state index contributed by atoms with van der Waals surface area (Å²) in [6.07, 6.45) is 3.37. The van der Waals surface area contributed by atoms with Gasteiger partial charge in [0, 0.05) is 24.9 Å². The maximum absolute atomic E-state index is 12.2. The summed E-state index contributed by atoms with van der Waals surface area (Å²) in [7, 11) is 1.94. The van der Waals surface area contributed by atoms with Crippen LogP contribution in [0.15, 0.2) is 30.3 Å². The van der Waals surface area contributed by atoms with E-state index in [0.717, 1.165) is 19.4 Å². The number of nitrogens with zero attached hydrogens (tertiary/aromatic N) is 1. The lowest BCUT2D eigenvalue weighted by molar-refractivity contribution is -0.137. The molecule has 1 aromatic rings. The largest absolute Gasteiger partial charge is 0.345 e. The highest BCUT2D eigenvalue weighted by molar-refractivity contribution is 5.79. The fourth-order valence-corrected chi connectivity index (χ4v) is 2.62. The summed E-state index contributed by atoms with van der Waals surface area (Å²) in [5.74, 6) is 0.617. The van der Waals surface area contributed by atoms with Crippen molar-refractivity contribution < 1.29 is 4.79 Å². The van der Waals surface area contributed by atoms with Gasteiger partial charge in [-0.2, -0.15) is 0 Å². The smallest absolute Gasteiger partial charge is 0.225 e. The Morgan fingerprint density at radius 3 is 2.39 bits per heavy atom. The molecule has 0 saturated heterocycles. The number of carbonyl (C=O) groups excluding carboxylic acids is 1. The molecule has 2 rings (SSSR count). The highest BCUT2D eigenvalue weighted by Crippen LogP contribution is 2.30. The van der Waals surface area contributed by atoms with E-state index in [1.54, 1.807) is 0 Å². The van der Waals surface area contributed by atoms with E-state index in [1.165, 1.54) is 12.0 Å². The third-order valence-electron chi connectivity index (χ3n) is 4.02. The van der Waals surface area contributed by atoms with Gasteiger partial charge >= 0.3 is 0 Å². The first-order valence-electron chi connectivity index (χ1n) is 6.81. The summed E-state index contributed by atoms with van der Waals surface area (Å²) in [4.78, 5) is 14.1. The summed E-state index contributed by atoms with van der Waals surface area (Å²) in [5.41, 5.74) is 1.30. The molecule has 0 N–H and O–H groups in total. The van der Waals surface area contributed by atoms with Crippen molar-refractivity contribution in [1.82, 2.24) is 4.90 Å². The molecule has 0 aliphatic heterocycles. The van der Waals surface area contributed by atoms with Crippen LogP contribution >= 0.6 is 0 Å². The normalized spacial score (nSPS) is 16.2. The molecule has 0 spiro atoms. The Bertz CT molecular complexity index is 406. The number of carbonyl (C=O) groups is 1. The topological polar surface area (TPSA) is 20.3 Å². The Morgan fingerprint density at radius 2 is 1.89 bits per heavy atom. The lowest BCUT2D eigenvalue weighted by Crippen LogP contribution is -2.42. The number of likely N-dealkylation sites (N-methyl/N-ethyl adjacent to an activating group) is 1. The Kier molecular flexibility index (Phi) is 3.74. The number of hydrogen-bond acceptors (Lipinski definition) is 1. The standard InChI is InChI=1S/C16H23NO/c1-16(2,14-10-5-4-6-11-14)12-17(3)15(18)13-8-7-9-13/h4-6,10-11,13H,7-9,12H2,1-3H3. The lowest BCUT2D eigenvalue weighted by atomic mass is 9.82. The van der Waals surface area contributed by atoms with E-state index in [1.807, 2.05) is 18.0 Å². The third kappa shape index (κ3) is 2.74. The van der Waals surface area contributed by atoms with Gasteiger partial charge in [-0.1, -0.05) is 50.6 Å². The number of hydrogen-bond donors (Lipinski definition) is 0. The molecule has 1 saturated carbocycles. The van der Waals surface area contributed by atoms with Crippen LogP contribution < -0.4 is 0 Å². The van der Waals surface area contributed by atoms with Gasteiger partial charge in [0.1, 0.15) is 0 Å². The van der Waals surface area contributed by atoms with Gasteiger partial charge in [-0.15, -0.1) is 0 Å². The molecule has 2 nitrogen and oxygen atoms in total. The van der Waals surface area contributed by atoms with E-state index in [-0.39, 0.29) is 5.41 Å². The molecule has 1 aromatic carbocycles. The van der Waals surface area contributed by atoms with Crippen LogP contribution in [0.3, 0.4) is 0 Å². The predicted octanol–water partition coefficient (Wildman–Crippen LogP) is 3.22. The van der Waals surface area contributed by atoms with Gasteiger partial charge in [0.15, 0.2) is 0 Å². The van der Waals surface area contributed by atoms with E-state index < -0.39 is 0 Å². The Morgan fingerprint density at radius 1 is 1.28 bits per heavy atom.